The van der Waals surface area contributed by atoms with Gasteiger partial charge in [0.15, 0.2) is 0 Å². The number of hydrogen-bond donors (Lipinski definition) is 1. The van der Waals surface area contributed by atoms with E-state index >= 15 is 0 Å². The van der Waals surface area contributed by atoms with Crippen molar-refractivity contribution < 1.29 is 4.79 Å². The summed E-state index contributed by atoms with van der Waals surface area (Å²) < 4.78 is 0. The summed E-state index contributed by atoms with van der Waals surface area (Å²) in [5.41, 5.74) is 4.34. The lowest BCUT2D eigenvalue weighted by atomic mass is 9.93. The number of aryl methyl sites for hydroxylation is 1. The van der Waals surface area contributed by atoms with Crippen molar-refractivity contribution in [2.75, 3.05) is 19.6 Å². The average Bonchev–Trinajstić information content (AvgIpc) is 2.83. The van der Waals surface area contributed by atoms with Crippen molar-refractivity contribution in [2.24, 2.45) is 5.92 Å². The van der Waals surface area contributed by atoms with Crippen LogP contribution in [0.3, 0.4) is 0 Å². The third-order valence-corrected chi connectivity index (χ3v) is 6.18. The molecule has 160 valence electrons. The first kappa shape index (κ1) is 21.2. The van der Waals surface area contributed by atoms with Crippen LogP contribution in [-0.4, -0.2) is 40.4 Å². The standard InChI is InChI=1S/C26H30N4O/c1-20-7-5-6-10-23(20)25(24-19-27-14-15-28-24)29-26(31)22-12-17-30(18-13-22)16-11-21-8-3-2-4-9-21/h2-10,14-15,19,22,25H,11-13,16-18H2,1H3,(H,29,31). The predicted molar refractivity (Wildman–Crippen MR) is 123 cm³/mol. The number of nitrogens with one attached hydrogen (secondary N) is 1. The topological polar surface area (TPSA) is 58.1 Å². The van der Waals surface area contributed by atoms with Crippen LogP contribution >= 0.6 is 0 Å². The minimum Gasteiger partial charge on any atom is -0.343 e. The Morgan fingerprint density at radius 3 is 2.52 bits per heavy atom. The van der Waals surface area contributed by atoms with Crippen LogP contribution in [0.1, 0.15) is 41.3 Å². The molecule has 5 heteroatoms. The van der Waals surface area contributed by atoms with Crippen molar-refractivity contribution in [3.8, 4) is 0 Å². The lowest BCUT2D eigenvalue weighted by molar-refractivity contribution is -0.127. The summed E-state index contributed by atoms with van der Waals surface area (Å²) in [6, 6.07) is 18.5. The number of nitrogens with zero attached hydrogens (tertiary/aromatic N) is 3. The quantitative estimate of drug-likeness (QED) is 0.636. The van der Waals surface area contributed by atoms with Gasteiger partial charge in [0, 0.05) is 24.9 Å². The summed E-state index contributed by atoms with van der Waals surface area (Å²) in [4.78, 5) is 24.3. The Labute approximate surface area is 184 Å². The Kier molecular flexibility index (Phi) is 7.05. The van der Waals surface area contributed by atoms with Crippen molar-refractivity contribution in [1.29, 1.82) is 0 Å². The van der Waals surface area contributed by atoms with Gasteiger partial charge in [-0.25, -0.2) is 0 Å². The maximum absolute atomic E-state index is 13.2. The molecule has 1 N–H and O–H groups in total. The van der Waals surface area contributed by atoms with E-state index in [1.165, 1.54) is 5.56 Å². The van der Waals surface area contributed by atoms with E-state index in [0.29, 0.717) is 0 Å². The monoisotopic (exact) mass is 414 g/mol. The van der Waals surface area contributed by atoms with Gasteiger partial charge in [0.2, 0.25) is 5.91 Å². The first-order valence-corrected chi connectivity index (χ1v) is 11.1. The number of carbonyl (C=O) groups is 1. The molecule has 0 radical (unpaired) electrons. The van der Waals surface area contributed by atoms with Gasteiger partial charge in [-0.2, -0.15) is 0 Å². The van der Waals surface area contributed by atoms with Crippen LogP contribution in [0.4, 0.5) is 0 Å². The predicted octanol–water partition coefficient (Wildman–Crippen LogP) is 3.95. The Hall–Kier alpha value is -3.05. The van der Waals surface area contributed by atoms with E-state index in [1.807, 2.05) is 12.1 Å². The van der Waals surface area contributed by atoms with Crippen LogP contribution in [-0.2, 0) is 11.2 Å². The summed E-state index contributed by atoms with van der Waals surface area (Å²) in [5.74, 6) is 0.151. The highest BCUT2D eigenvalue weighted by molar-refractivity contribution is 5.79. The zero-order valence-corrected chi connectivity index (χ0v) is 18.1. The average molecular weight is 415 g/mol. The number of aromatic nitrogens is 2. The Balaban J connectivity index is 1.37. The lowest BCUT2D eigenvalue weighted by Gasteiger charge is -2.32. The van der Waals surface area contributed by atoms with Crippen molar-refractivity contribution >= 4 is 5.91 Å². The van der Waals surface area contributed by atoms with Crippen LogP contribution in [0, 0.1) is 12.8 Å². The maximum atomic E-state index is 13.2. The zero-order chi connectivity index (χ0) is 21.5. The zero-order valence-electron chi connectivity index (χ0n) is 18.1. The van der Waals surface area contributed by atoms with Gasteiger partial charge < -0.3 is 10.2 Å². The molecule has 3 aromatic rings. The molecule has 1 aliphatic rings. The van der Waals surface area contributed by atoms with Gasteiger partial charge in [-0.15, -0.1) is 0 Å². The maximum Gasteiger partial charge on any atom is 0.224 e. The van der Waals surface area contributed by atoms with E-state index < -0.39 is 0 Å². The third-order valence-electron chi connectivity index (χ3n) is 6.18. The molecule has 1 saturated heterocycles. The number of likely N-dealkylation sites (tertiary alicyclic amines) is 1. The molecule has 1 amide bonds. The molecule has 0 saturated carbocycles. The number of piperidine rings is 1. The summed E-state index contributed by atoms with van der Waals surface area (Å²) >= 11 is 0. The molecule has 1 aliphatic heterocycles. The molecule has 1 unspecified atom stereocenters. The molecule has 1 fully saturated rings. The van der Waals surface area contributed by atoms with Crippen LogP contribution in [0.15, 0.2) is 73.2 Å². The second-order valence-corrected chi connectivity index (χ2v) is 8.28. The number of rotatable bonds is 7. The largest absolute Gasteiger partial charge is 0.343 e. The highest BCUT2D eigenvalue weighted by Crippen LogP contribution is 2.25. The summed E-state index contributed by atoms with van der Waals surface area (Å²) in [6.45, 7) is 5.04. The van der Waals surface area contributed by atoms with Crippen LogP contribution in [0.2, 0.25) is 0 Å². The van der Waals surface area contributed by atoms with Gasteiger partial charge in [0.05, 0.1) is 17.9 Å². The third kappa shape index (κ3) is 5.56. The van der Waals surface area contributed by atoms with Crippen molar-refractivity contribution in [3.05, 3.63) is 95.6 Å². The molecular formula is C26H30N4O. The van der Waals surface area contributed by atoms with Crippen LogP contribution < -0.4 is 5.32 Å². The van der Waals surface area contributed by atoms with Gasteiger partial charge in [0.25, 0.3) is 0 Å². The number of benzene rings is 2. The molecule has 4 rings (SSSR count). The van der Waals surface area contributed by atoms with Gasteiger partial charge in [-0.1, -0.05) is 54.6 Å². The molecular weight excluding hydrogens is 384 g/mol. The fourth-order valence-electron chi connectivity index (χ4n) is 4.29. The second kappa shape index (κ2) is 10.3. The minimum absolute atomic E-state index is 0.0381. The Bertz CT molecular complexity index is 969. The fourth-order valence-corrected chi connectivity index (χ4v) is 4.29. The number of carbonyl (C=O) groups excluding carboxylic acids is 1. The molecule has 0 spiro atoms. The highest BCUT2D eigenvalue weighted by atomic mass is 16.2. The smallest absolute Gasteiger partial charge is 0.224 e. The molecule has 2 heterocycles. The first-order chi connectivity index (χ1) is 15.2. The van der Waals surface area contributed by atoms with E-state index in [4.69, 9.17) is 0 Å². The summed E-state index contributed by atoms with van der Waals surface area (Å²) in [5, 5.41) is 3.27. The number of hydrogen-bond acceptors (Lipinski definition) is 4. The summed E-state index contributed by atoms with van der Waals surface area (Å²) in [6.07, 6.45) is 7.91. The fraction of sp³-hybridized carbons (Fsp3) is 0.346. The molecule has 31 heavy (non-hydrogen) atoms. The SMILES string of the molecule is Cc1ccccc1C(NC(=O)C1CCN(CCc2ccccc2)CC1)c1cnccn1. The molecule has 0 bridgehead atoms. The van der Waals surface area contributed by atoms with E-state index in [0.717, 1.165) is 55.7 Å². The molecule has 0 aliphatic carbocycles. The first-order valence-electron chi connectivity index (χ1n) is 11.1. The highest BCUT2D eigenvalue weighted by Gasteiger charge is 2.28. The Morgan fingerprint density at radius 1 is 1.06 bits per heavy atom. The van der Waals surface area contributed by atoms with E-state index in [2.05, 4.69) is 69.6 Å². The van der Waals surface area contributed by atoms with E-state index in [9.17, 15) is 4.79 Å². The van der Waals surface area contributed by atoms with Crippen LogP contribution in [0.5, 0.6) is 0 Å². The van der Waals surface area contributed by atoms with Gasteiger partial charge in [-0.05, 0) is 56.0 Å². The number of amides is 1. The normalized spacial score (nSPS) is 16.0. The van der Waals surface area contributed by atoms with Crippen molar-refractivity contribution in [2.45, 2.75) is 32.2 Å². The Morgan fingerprint density at radius 2 is 1.81 bits per heavy atom. The summed E-state index contributed by atoms with van der Waals surface area (Å²) in [7, 11) is 0. The van der Waals surface area contributed by atoms with Crippen LogP contribution in [0.25, 0.3) is 0 Å². The molecule has 1 atom stereocenters. The molecule has 5 nitrogen and oxygen atoms in total. The van der Waals surface area contributed by atoms with E-state index in [1.54, 1.807) is 18.6 Å². The van der Waals surface area contributed by atoms with E-state index in [-0.39, 0.29) is 17.9 Å². The van der Waals surface area contributed by atoms with Gasteiger partial charge in [0.1, 0.15) is 0 Å². The molecule has 2 aromatic carbocycles. The van der Waals surface area contributed by atoms with Crippen molar-refractivity contribution in [3.63, 3.8) is 0 Å². The second-order valence-electron chi connectivity index (χ2n) is 8.28. The lowest BCUT2D eigenvalue weighted by Crippen LogP contribution is -2.42. The molecule has 1 aromatic heterocycles. The van der Waals surface area contributed by atoms with Gasteiger partial charge in [-0.3, -0.25) is 14.8 Å². The van der Waals surface area contributed by atoms with Gasteiger partial charge >= 0.3 is 0 Å². The minimum atomic E-state index is -0.279. The van der Waals surface area contributed by atoms with Crippen molar-refractivity contribution in [1.82, 2.24) is 20.2 Å².